The zero-order chi connectivity index (χ0) is 21.2. The number of aryl methyl sites for hydroxylation is 1. The van der Waals surface area contributed by atoms with Crippen LogP contribution in [0.5, 0.6) is 0 Å². The Labute approximate surface area is 180 Å². The third kappa shape index (κ3) is 4.36. The van der Waals surface area contributed by atoms with Gasteiger partial charge in [-0.05, 0) is 49.7 Å². The summed E-state index contributed by atoms with van der Waals surface area (Å²) in [6, 6.07) is 9.73. The second-order valence-corrected chi connectivity index (χ2v) is 8.08. The van der Waals surface area contributed by atoms with E-state index in [4.69, 9.17) is 0 Å². The van der Waals surface area contributed by atoms with Crippen molar-refractivity contribution in [1.29, 1.82) is 0 Å². The van der Waals surface area contributed by atoms with Crippen LogP contribution in [0.2, 0.25) is 0 Å². The summed E-state index contributed by atoms with van der Waals surface area (Å²) < 4.78 is 1.77. The van der Waals surface area contributed by atoms with Crippen LogP contribution < -0.4 is 0 Å². The molecule has 3 aromatic heterocycles. The summed E-state index contributed by atoms with van der Waals surface area (Å²) >= 11 is 0. The first-order chi connectivity index (χ1) is 15.1. The standard InChI is InChI=1S/C24H24N6O/c1-29-15-20(14-27-29)17-4-5-19-13-26-24(28-22(19)11-17)12-23(31)18-6-7-25-21(10-18)16-30-8-2-3-9-30/h4-7,10-11,13-15H,2-3,8-9,12,16H2,1H3. The van der Waals surface area contributed by atoms with Gasteiger partial charge in [0.15, 0.2) is 5.78 Å². The zero-order valence-electron chi connectivity index (χ0n) is 17.5. The fourth-order valence-electron chi connectivity index (χ4n) is 4.05. The molecule has 1 aliphatic rings. The van der Waals surface area contributed by atoms with Crippen molar-refractivity contribution in [1.82, 2.24) is 29.6 Å². The third-order valence-corrected chi connectivity index (χ3v) is 5.71. The first kappa shape index (κ1) is 19.5. The van der Waals surface area contributed by atoms with E-state index in [2.05, 4.69) is 25.0 Å². The van der Waals surface area contributed by atoms with Crippen LogP contribution in [-0.2, 0) is 20.0 Å². The van der Waals surface area contributed by atoms with Gasteiger partial charge in [-0.25, -0.2) is 9.97 Å². The molecule has 0 bridgehead atoms. The fraction of sp³-hybridized carbons (Fsp3) is 0.292. The Hall–Kier alpha value is -3.45. The highest BCUT2D eigenvalue weighted by Gasteiger charge is 2.15. The van der Waals surface area contributed by atoms with Gasteiger partial charge in [-0.3, -0.25) is 19.4 Å². The van der Waals surface area contributed by atoms with Gasteiger partial charge in [0, 0.05) is 48.7 Å². The van der Waals surface area contributed by atoms with Gasteiger partial charge in [-0.15, -0.1) is 0 Å². The summed E-state index contributed by atoms with van der Waals surface area (Å²) in [7, 11) is 1.89. The van der Waals surface area contributed by atoms with Crippen molar-refractivity contribution in [2.45, 2.75) is 25.8 Å². The lowest BCUT2D eigenvalue weighted by molar-refractivity contribution is 0.0990. The minimum Gasteiger partial charge on any atom is -0.298 e. The number of hydrogen-bond donors (Lipinski definition) is 0. The van der Waals surface area contributed by atoms with E-state index in [1.54, 1.807) is 23.1 Å². The molecule has 0 radical (unpaired) electrons. The van der Waals surface area contributed by atoms with Gasteiger partial charge in [0.1, 0.15) is 5.82 Å². The van der Waals surface area contributed by atoms with Crippen LogP contribution in [0, 0.1) is 0 Å². The molecule has 7 nitrogen and oxygen atoms in total. The molecule has 31 heavy (non-hydrogen) atoms. The predicted molar refractivity (Wildman–Crippen MR) is 119 cm³/mol. The molecule has 1 fully saturated rings. The normalized spacial score (nSPS) is 14.4. The molecule has 0 atom stereocenters. The highest BCUT2D eigenvalue weighted by atomic mass is 16.1. The quantitative estimate of drug-likeness (QED) is 0.452. The van der Waals surface area contributed by atoms with Crippen molar-refractivity contribution in [3.05, 3.63) is 72.2 Å². The first-order valence-electron chi connectivity index (χ1n) is 10.6. The van der Waals surface area contributed by atoms with Gasteiger partial charge in [-0.2, -0.15) is 5.10 Å². The van der Waals surface area contributed by atoms with Crippen molar-refractivity contribution >= 4 is 16.7 Å². The van der Waals surface area contributed by atoms with Crippen molar-refractivity contribution in [2.75, 3.05) is 13.1 Å². The maximum Gasteiger partial charge on any atom is 0.170 e. The molecule has 4 heterocycles. The van der Waals surface area contributed by atoms with E-state index in [0.29, 0.717) is 11.4 Å². The molecule has 1 saturated heterocycles. The van der Waals surface area contributed by atoms with E-state index in [0.717, 1.165) is 47.4 Å². The molecule has 7 heteroatoms. The largest absolute Gasteiger partial charge is 0.298 e. The Morgan fingerprint density at radius 1 is 1.03 bits per heavy atom. The molecule has 4 aromatic rings. The van der Waals surface area contributed by atoms with E-state index in [9.17, 15) is 4.79 Å². The van der Waals surface area contributed by atoms with Crippen molar-refractivity contribution in [3.8, 4) is 11.1 Å². The molecular weight excluding hydrogens is 388 g/mol. The van der Waals surface area contributed by atoms with Crippen LogP contribution in [0.15, 0.2) is 55.1 Å². The zero-order valence-corrected chi connectivity index (χ0v) is 17.5. The summed E-state index contributed by atoms with van der Waals surface area (Å²) in [5.74, 6) is 0.534. The smallest absolute Gasteiger partial charge is 0.170 e. The minimum atomic E-state index is 0.00726. The number of aromatic nitrogens is 5. The van der Waals surface area contributed by atoms with Gasteiger partial charge in [0.2, 0.25) is 0 Å². The van der Waals surface area contributed by atoms with Gasteiger partial charge >= 0.3 is 0 Å². The number of ketones is 1. The van der Waals surface area contributed by atoms with Gasteiger partial charge < -0.3 is 0 Å². The number of nitrogens with zero attached hydrogens (tertiary/aromatic N) is 6. The average molecular weight is 412 g/mol. The number of fused-ring (bicyclic) bond motifs is 1. The SMILES string of the molecule is Cn1cc(-c2ccc3cnc(CC(=O)c4ccnc(CN5CCCC5)c4)nc3c2)cn1. The Kier molecular flexibility index (Phi) is 5.26. The Morgan fingerprint density at radius 2 is 1.90 bits per heavy atom. The van der Waals surface area contributed by atoms with E-state index in [-0.39, 0.29) is 12.2 Å². The van der Waals surface area contributed by atoms with Crippen LogP contribution in [0.3, 0.4) is 0 Å². The van der Waals surface area contributed by atoms with Crippen molar-refractivity contribution in [2.24, 2.45) is 7.05 Å². The molecule has 0 saturated carbocycles. The molecule has 0 unspecified atom stereocenters. The number of Topliss-reactive ketones (excluding diaryl/α,β-unsaturated/α-hetero) is 1. The molecule has 0 N–H and O–H groups in total. The van der Waals surface area contributed by atoms with Gasteiger partial charge in [0.05, 0.1) is 23.8 Å². The maximum absolute atomic E-state index is 12.9. The monoisotopic (exact) mass is 412 g/mol. The van der Waals surface area contributed by atoms with Crippen LogP contribution in [0.25, 0.3) is 22.0 Å². The fourth-order valence-corrected chi connectivity index (χ4v) is 4.05. The van der Waals surface area contributed by atoms with E-state index in [1.165, 1.54) is 12.8 Å². The summed E-state index contributed by atoms with van der Waals surface area (Å²) in [5.41, 5.74) is 4.49. The topological polar surface area (TPSA) is 76.8 Å². The van der Waals surface area contributed by atoms with Crippen LogP contribution in [-0.4, -0.2) is 48.5 Å². The second-order valence-electron chi connectivity index (χ2n) is 8.08. The van der Waals surface area contributed by atoms with Crippen molar-refractivity contribution in [3.63, 3.8) is 0 Å². The molecule has 0 aliphatic carbocycles. The Morgan fingerprint density at radius 3 is 2.71 bits per heavy atom. The number of likely N-dealkylation sites (tertiary alicyclic amines) is 1. The lowest BCUT2D eigenvalue weighted by Gasteiger charge is -2.14. The number of carbonyl (C=O) groups is 1. The highest BCUT2D eigenvalue weighted by Crippen LogP contribution is 2.23. The number of rotatable bonds is 6. The van der Waals surface area contributed by atoms with Crippen LogP contribution >= 0.6 is 0 Å². The molecular formula is C24H24N6O. The van der Waals surface area contributed by atoms with E-state index < -0.39 is 0 Å². The summed E-state index contributed by atoms with van der Waals surface area (Å²) in [4.78, 5) is 28.8. The lowest BCUT2D eigenvalue weighted by atomic mass is 10.1. The van der Waals surface area contributed by atoms with Crippen molar-refractivity contribution < 1.29 is 4.79 Å². The molecule has 0 spiro atoms. The molecule has 1 aromatic carbocycles. The van der Waals surface area contributed by atoms with E-state index >= 15 is 0 Å². The second kappa shape index (κ2) is 8.35. The molecule has 1 aliphatic heterocycles. The maximum atomic E-state index is 12.9. The first-order valence-corrected chi connectivity index (χ1v) is 10.6. The van der Waals surface area contributed by atoms with Crippen LogP contribution in [0.1, 0.15) is 34.7 Å². The van der Waals surface area contributed by atoms with Gasteiger partial charge in [-0.1, -0.05) is 12.1 Å². The Bertz CT molecular complexity index is 1240. The highest BCUT2D eigenvalue weighted by molar-refractivity contribution is 5.97. The number of pyridine rings is 1. The number of carbonyl (C=O) groups excluding carboxylic acids is 1. The summed E-state index contributed by atoms with van der Waals surface area (Å²) in [6.45, 7) is 3.00. The summed E-state index contributed by atoms with van der Waals surface area (Å²) in [5, 5.41) is 5.18. The van der Waals surface area contributed by atoms with E-state index in [1.807, 2.05) is 43.7 Å². The Balaban J connectivity index is 1.35. The number of hydrogen-bond acceptors (Lipinski definition) is 6. The number of benzene rings is 1. The lowest BCUT2D eigenvalue weighted by Crippen LogP contribution is -2.19. The molecule has 156 valence electrons. The van der Waals surface area contributed by atoms with Gasteiger partial charge in [0.25, 0.3) is 0 Å². The summed E-state index contributed by atoms with van der Waals surface area (Å²) in [6.07, 6.45) is 9.94. The predicted octanol–water partition coefficient (Wildman–Crippen LogP) is 3.45. The van der Waals surface area contributed by atoms with Crippen LogP contribution in [0.4, 0.5) is 0 Å². The third-order valence-electron chi connectivity index (χ3n) is 5.71. The average Bonchev–Trinajstić information content (AvgIpc) is 3.45. The minimum absolute atomic E-state index is 0.00726. The molecule has 0 amide bonds. The molecule has 5 rings (SSSR count).